The minimum Gasteiger partial charge on any atom is -0.346 e. The third kappa shape index (κ3) is 3.93. The standard InChI is InChI=1S/C19H11ClF4N4O2S/c20-18-16-9(7-25-19(16)27-8-26-18)5-11-12(22)3-4-14(17(11)24)28-31(29,30)15-6-10(21)1-2-13(15)23/h1-4,6-8,28H,5H2,(H,25,26,27). The fourth-order valence-corrected chi connectivity index (χ4v) is 4.44. The predicted octanol–water partition coefficient (Wildman–Crippen LogP) is 4.56. The Morgan fingerprint density at radius 3 is 2.55 bits per heavy atom. The molecule has 160 valence electrons. The quantitative estimate of drug-likeness (QED) is 0.330. The molecule has 31 heavy (non-hydrogen) atoms. The molecule has 0 atom stereocenters. The van der Waals surface area contributed by atoms with Gasteiger partial charge in [0.1, 0.15) is 39.5 Å². The van der Waals surface area contributed by atoms with Crippen LogP contribution in [0.15, 0.2) is 47.8 Å². The van der Waals surface area contributed by atoms with Gasteiger partial charge < -0.3 is 4.98 Å². The molecule has 6 nitrogen and oxygen atoms in total. The van der Waals surface area contributed by atoms with E-state index in [4.69, 9.17) is 11.6 Å². The fourth-order valence-electron chi connectivity index (χ4n) is 3.04. The van der Waals surface area contributed by atoms with Crippen molar-refractivity contribution in [1.82, 2.24) is 15.0 Å². The van der Waals surface area contributed by atoms with E-state index in [9.17, 15) is 21.6 Å². The number of hydrogen-bond donors (Lipinski definition) is 2. The first-order valence-corrected chi connectivity index (χ1v) is 10.4. The number of sulfonamides is 1. The Morgan fingerprint density at radius 2 is 1.77 bits per heavy atom. The number of nitrogens with one attached hydrogen (secondary N) is 2. The molecule has 0 aliphatic heterocycles. The molecule has 0 unspecified atom stereocenters. The van der Waals surface area contributed by atoms with Crippen molar-refractivity contribution in [3.63, 3.8) is 0 Å². The molecule has 0 saturated carbocycles. The molecule has 2 aromatic heterocycles. The van der Waals surface area contributed by atoms with Crippen molar-refractivity contribution in [1.29, 1.82) is 0 Å². The molecule has 0 aliphatic carbocycles. The lowest BCUT2D eigenvalue weighted by Gasteiger charge is -2.13. The monoisotopic (exact) mass is 470 g/mol. The van der Waals surface area contributed by atoms with Crippen LogP contribution in [0.3, 0.4) is 0 Å². The van der Waals surface area contributed by atoms with Crippen molar-refractivity contribution in [2.75, 3.05) is 4.72 Å². The maximum atomic E-state index is 15.0. The van der Waals surface area contributed by atoms with Crippen molar-refractivity contribution in [3.8, 4) is 0 Å². The van der Waals surface area contributed by atoms with E-state index in [1.807, 2.05) is 4.72 Å². The maximum absolute atomic E-state index is 15.0. The number of aromatic amines is 1. The summed E-state index contributed by atoms with van der Waals surface area (Å²) in [5.74, 6) is -4.40. The molecule has 4 aromatic rings. The molecular weight excluding hydrogens is 460 g/mol. The van der Waals surface area contributed by atoms with E-state index >= 15 is 4.39 Å². The highest BCUT2D eigenvalue weighted by atomic mass is 35.5. The number of fused-ring (bicyclic) bond motifs is 1. The third-order valence-corrected chi connectivity index (χ3v) is 6.15. The second kappa shape index (κ2) is 7.82. The molecule has 2 N–H and O–H groups in total. The first-order valence-electron chi connectivity index (χ1n) is 8.58. The van der Waals surface area contributed by atoms with Gasteiger partial charge >= 0.3 is 0 Å². The first kappa shape index (κ1) is 21.1. The van der Waals surface area contributed by atoms with Crippen molar-refractivity contribution in [2.45, 2.75) is 11.3 Å². The van der Waals surface area contributed by atoms with Crippen molar-refractivity contribution >= 4 is 38.3 Å². The number of anilines is 1. The maximum Gasteiger partial charge on any atom is 0.265 e. The zero-order valence-corrected chi connectivity index (χ0v) is 16.8. The summed E-state index contributed by atoms with van der Waals surface area (Å²) >= 11 is 6.05. The lowest BCUT2D eigenvalue weighted by Crippen LogP contribution is -2.16. The second-order valence-corrected chi connectivity index (χ2v) is 8.46. The van der Waals surface area contributed by atoms with Crippen molar-refractivity contribution in [3.05, 3.63) is 82.4 Å². The molecule has 0 spiro atoms. The van der Waals surface area contributed by atoms with E-state index in [2.05, 4.69) is 15.0 Å². The van der Waals surface area contributed by atoms with Crippen LogP contribution in [0.2, 0.25) is 5.15 Å². The van der Waals surface area contributed by atoms with E-state index in [0.717, 1.165) is 18.2 Å². The van der Waals surface area contributed by atoms with E-state index in [-0.39, 0.29) is 11.6 Å². The summed E-state index contributed by atoms with van der Waals surface area (Å²) in [6, 6.07) is 3.51. The number of rotatable bonds is 5. The summed E-state index contributed by atoms with van der Waals surface area (Å²) in [7, 11) is -4.70. The van der Waals surface area contributed by atoms with E-state index in [1.54, 1.807) is 0 Å². The van der Waals surface area contributed by atoms with E-state index in [0.29, 0.717) is 28.7 Å². The lowest BCUT2D eigenvalue weighted by atomic mass is 10.0. The Morgan fingerprint density at radius 1 is 1.03 bits per heavy atom. The van der Waals surface area contributed by atoms with Gasteiger partial charge in [0, 0.05) is 18.2 Å². The molecule has 0 aliphatic rings. The van der Waals surface area contributed by atoms with Gasteiger partial charge in [0.2, 0.25) is 0 Å². The Labute approximate surface area is 178 Å². The number of halogens is 5. The van der Waals surface area contributed by atoms with Gasteiger partial charge in [-0.3, -0.25) is 4.72 Å². The van der Waals surface area contributed by atoms with Gasteiger partial charge in [0.05, 0.1) is 11.1 Å². The molecule has 2 aromatic carbocycles. The summed E-state index contributed by atoms with van der Waals surface area (Å²) in [5, 5.41) is 0.427. The smallest absolute Gasteiger partial charge is 0.265 e. The van der Waals surface area contributed by atoms with Gasteiger partial charge in [-0.2, -0.15) is 0 Å². The van der Waals surface area contributed by atoms with Gasteiger partial charge in [-0.05, 0) is 35.9 Å². The molecule has 12 heteroatoms. The molecule has 0 fully saturated rings. The largest absolute Gasteiger partial charge is 0.346 e. The predicted molar refractivity (Wildman–Crippen MR) is 105 cm³/mol. The molecular formula is C19H11ClF4N4O2S. The lowest BCUT2D eigenvalue weighted by molar-refractivity contribution is 0.553. The Kier molecular flexibility index (Phi) is 5.31. The molecule has 0 saturated heterocycles. The van der Waals surface area contributed by atoms with Gasteiger partial charge in [-0.15, -0.1) is 0 Å². The van der Waals surface area contributed by atoms with Crippen molar-refractivity contribution in [2.24, 2.45) is 0 Å². The Hall–Kier alpha value is -3.18. The number of benzene rings is 2. The zero-order valence-electron chi connectivity index (χ0n) is 15.3. The van der Waals surface area contributed by atoms with Crippen LogP contribution in [0.4, 0.5) is 23.2 Å². The average molecular weight is 471 g/mol. The zero-order chi connectivity index (χ0) is 22.3. The average Bonchev–Trinajstić information content (AvgIpc) is 3.13. The van der Waals surface area contributed by atoms with Gasteiger partial charge in [0.15, 0.2) is 5.82 Å². The van der Waals surface area contributed by atoms with Crippen molar-refractivity contribution < 1.29 is 26.0 Å². The highest BCUT2D eigenvalue weighted by Crippen LogP contribution is 2.30. The normalized spacial score (nSPS) is 11.8. The number of H-pyrrole nitrogens is 1. The molecule has 4 rings (SSSR count). The Balaban J connectivity index is 1.73. The van der Waals surface area contributed by atoms with Crippen LogP contribution in [-0.4, -0.2) is 23.4 Å². The van der Waals surface area contributed by atoms with E-state index < -0.39 is 49.4 Å². The molecule has 2 heterocycles. The van der Waals surface area contributed by atoms with Crippen LogP contribution < -0.4 is 4.72 Å². The van der Waals surface area contributed by atoms with Crippen LogP contribution in [0.25, 0.3) is 11.0 Å². The minimum absolute atomic E-state index is 0.0699. The van der Waals surface area contributed by atoms with E-state index in [1.165, 1.54) is 12.5 Å². The number of nitrogens with zero attached hydrogens (tertiary/aromatic N) is 2. The highest BCUT2D eigenvalue weighted by Gasteiger charge is 2.24. The van der Waals surface area contributed by atoms with Crippen LogP contribution in [-0.2, 0) is 16.4 Å². The first-order chi connectivity index (χ1) is 14.7. The summed E-state index contributed by atoms with van der Waals surface area (Å²) in [5.41, 5.74) is -0.383. The summed E-state index contributed by atoms with van der Waals surface area (Å²) in [6.45, 7) is 0. The van der Waals surface area contributed by atoms with Crippen LogP contribution in [0, 0.1) is 23.3 Å². The number of hydrogen-bond acceptors (Lipinski definition) is 4. The topological polar surface area (TPSA) is 87.7 Å². The summed E-state index contributed by atoms with van der Waals surface area (Å²) in [4.78, 5) is 9.59. The molecule has 0 amide bonds. The van der Waals surface area contributed by atoms with Crippen LogP contribution >= 0.6 is 11.6 Å². The van der Waals surface area contributed by atoms with Gasteiger partial charge in [-0.25, -0.2) is 35.9 Å². The third-order valence-electron chi connectivity index (χ3n) is 4.49. The summed E-state index contributed by atoms with van der Waals surface area (Å²) < 4.78 is 83.4. The fraction of sp³-hybridized carbons (Fsp3) is 0.0526. The number of aromatic nitrogens is 3. The highest BCUT2D eigenvalue weighted by molar-refractivity contribution is 7.92. The molecule has 0 radical (unpaired) electrons. The molecule has 0 bridgehead atoms. The van der Waals surface area contributed by atoms with Crippen LogP contribution in [0.1, 0.15) is 11.1 Å². The van der Waals surface area contributed by atoms with Gasteiger partial charge in [-0.1, -0.05) is 11.6 Å². The van der Waals surface area contributed by atoms with Gasteiger partial charge in [0.25, 0.3) is 10.0 Å². The summed E-state index contributed by atoms with van der Waals surface area (Å²) in [6.07, 6.45) is 2.35. The van der Waals surface area contributed by atoms with Crippen LogP contribution in [0.5, 0.6) is 0 Å². The SMILES string of the molecule is O=S(=O)(Nc1ccc(F)c(Cc2c[nH]c3ncnc(Cl)c23)c1F)c1cc(F)ccc1F. The second-order valence-electron chi connectivity index (χ2n) is 6.45. The Bertz CT molecular complexity index is 1430. The minimum atomic E-state index is -4.70.